The molecule has 1 aliphatic heterocycles. The van der Waals surface area contributed by atoms with Crippen LogP contribution in [0.1, 0.15) is 29.1 Å². The lowest BCUT2D eigenvalue weighted by atomic mass is 10.1. The molecule has 8 nitrogen and oxygen atoms in total. The Bertz CT molecular complexity index is 1120. The molecule has 150 valence electrons. The Morgan fingerprint density at radius 1 is 1.34 bits per heavy atom. The smallest absolute Gasteiger partial charge is 0.331 e. The Morgan fingerprint density at radius 3 is 2.83 bits per heavy atom. The summed E-state index contributed by atoms with van der Waals surface area (Å²) in [6, 6.07) is 3.24. The van der Waals surface area contributed by atoms with Crippen LogP contribution in [0.2, 0.25) is 0 Å². The van der Waals surface area contributed by atoms with Gasteiger partial charge in [0.2, 0.25) is 5.88 Å². The lowest BCUT2D eigenvalue weighted by molar-refractivity contribution is 0.0968. The predicted molar refractivity (Wildman–Crippen MR) is 113 cm³/mol. The number of hydrogen-bond donors (Lipinski definition) is 2. The number of pyridine rings is 2. The standard InChI is InChI=1S/C20H21N5O3S/c1-10(2)9-28-14-7-11(3)13(8-23-14)25-12-5-6-22-19-15(12)16(24-20(25)27)17(29-19)18(26)21-4/h5-8,10H,9H2,1-4H3,(H,21,26)(H,24,27). The van der Waals surface area contributed by atoms with E-state index in [1.807, 2.05) is 13.0 Å². The first-order valence-electron chi connectivity index (χ1n) is 9.24. The zero-order valence-electron chi connectivity index (χ0n) is 16.6. The minimum Gasteiger partial charge on any atom is -0.477 e. The molecule has 1 aliphatic rings. The normalized spacial score (nSPS) is 13.0. The molecule has 0 aliphatic carbocycles. The maximum atomic E-state index is 13.0. The average Bonchev–Trinajstić information content (AvgIpc) is 3.06. The van der Waals surface area contributed by atoms with E-state index >= 15 is 0 Å². The SMILES string of the molecule is CNC(=O)c1sc2nccc3c2c1NC(=O)N3c1cnc(OCC(C)C)cc1C. The molecule has 29 heavy (non-hydrogen) atoms. The van der Waals surface area contributed by atoms with E-state index in [0.717, 1.165) is 10.9 Å². The molecule has 4 rings (SSSR count). The van der Waals surface area contributed by atoms with E-state index in [4.69, 9.17) is 4.74 Å². The molecule has 0 unspecified atom stereocenters. The summed E-state index contributed by atoms with van der Waals surface area (Å²) < 4.78 is 5.69. The van der Waals surface area contributed by atoms with Gasteiger partial charge in [-0.1, -0.05) is 13.8 Å². The van der Waals surface area contributed by atoms with Crippen LogP contribution in [-0.2, 0) is 0 Å². The first kappa shape index (κ1) is 19.1. The molecule has 2 N–H and O–H groups in total. The van der Waals surface area contributed by atoms with Crippen LogP contribution in [0.15, 0.2) is 24.5 Å². The molecule has 0 bridgehead atoms. The predicted octanol–water partition coefficient (Wildman–Crippen LogP) is 4.08. The summed E-state index contributed by atoms with van der Waals surface area (Å²) in [6.45, 7) is 6.62. The summed E-state index contributed by atoms with van der Waals surface area (Å²) in [4.78, 5) is 36.7. The van der Waals surface area contributed by atoms with Crippen LogP contribution in [-0.4, -0.2) is 35.6 Å². The first-order valence-corrected chi connectivity index (χ1v) is 10.1. The van der Waals surface area contributed by atoms with Crippen LogP contribution in [0.25, 0.3) is 10.2 Å². The summed E-state index contributed by atoms with van der Waals surface area (Å²) in [6.07, 6.45) is 3.27. The van der Waals surface area contributed by atoms with Crippen molar-refractivity contribution in [1.82, 2.24) is 15.3 Å². The molecule has 0 spiro atoms. The second-order valence-corrected chi connectivity index (χ2v) is 8.17. The fourth-order valence-corrected chi connectivity index (χ4v) is 4.25. The third-order valence-electron chi connectivity index (χ3n) is 4.54. The van der Waals surface area contributed by atoms with Gasteiger partial charge in [-0.25, -0.2) is 14.8 Å². The average molecular weight is 411 g/mol. The molecule has 9 heteroatoms. The van der Waals surface area contributed by atoms with Gasteiger partial charge >= 0.3 is 6.03 Å². The molecular weight excluding hydrogens is 390 g/mol. The van der Waals surface area contributed by atoms with E-state index < -0.39 is 0 Å². The lowest BCUT2D eigenvalue weighted by Gasteiger charge is -2.29. The first-order chi connectivity index (χ1) is 13.9. The molecule has 0 radical (unpaired) electrons. The monoisotopic (exact) mass is 411 g/mol. The van der Waals surface area contributed by atoms with Crippen molar-refractivity contribution in [2.45, 2.75) is 20.8 Å². The number of aryl methyl sites for hydroxylation is 1. The molecule has 0 atom stereocenters. The second kappa shape index (κ2) is 7.32. The Hall–Kier alpha value is -3.20. The Balaban J connectivity index is 1.80. The van der Waals surface area contributed by atoms with Crippen LogP contribution >= 0.6 is 11.3 Å². The van der Waals surface area contributed by atoms with Gasteiger partial charge in [0.1, 0.15) is 9.71 Å². The molecule has 4 heterocycles. The van der Waals surface area contributed by atoms with Gasteiger partial charge in [-0.2, -0.15) is 0 Å². The number of carbonyl (C=O) groups excluding carboxylic acids is 2. The minimum atomic E-state index is -0.352. The summed E-state index contributed by atoms with van der Waals surface area (Å²) in [7, 11) is 1.56. The van der Waals surface area contributed by atoms with Crippen molar-refractivity contribution in [2.75, 3.05) is 23.9 Å². The van der Waals surface area contributed by atoms with Gasteiger partial charge in [0.05, 0.1) is 35.3 Å². The van der Waals surface area contributed by atoms with Gasteiger partial charge in [-0.3, -0.25) is 9.69 Å². The van der Waals surface area contributed by atoms with Crippen molar-refractivity contribution >= 4 is 50.6 Å². The highest BCUT2D eigenvalue weighted by atomic mass is 32.1. The summed E-state index contributed by atoms with van der Waals surface area (Å²) in [5, 5.41) is 6.21. The van der Waals surface area contributed by atoms with E-state index in [-0.39, 0.29) is 11.9 Å². The van der Waals surface area contributed by atoms with Gasteiger partial charge < -0.3 is 15.4 Å². The number of thiophene rings is 1. The molecule has 0 saturated carbocycles. The van der Waals surface area contributed by atoms with Gasteiger partial charge in [0, 0.05) is 19.3 Å². The number of rotatable bonds is 5. The lowest BCUT2D eigenvalue weighted by Crippen LogP contribution is -2.35. The van der Waals surface area contributed by atoms with Crippen LogP contribution in [0.5, 0.6) is 5.88 Å². The maximum absolute atomic E-state index is 13.0. The number of anilines is 3. The van der Waals surface area contributed by atoms with Crippen LogP contribution in [0.3, 0.4) is 0 Å². The fourth-order valence-electron chi connectivity index (χ4n) is 3.19. The van der Waals surface area contributed by atoms with Gasteiger partial charge in [-0.05, 0) is 24.5 Å². The minimum absolute atomic E-state index is 0.257. The molecule has 0 saturated heterocycles. The second-order valence-electron chi connectivity index (χ2n) is 7.17. The third-order valence-corrected chi connectivity index (χ3v) is 5.64. The molecule has 3 aromatic rings. The van der Waals surface area contributed by atoms with Crippen molar-refractivity contribution in [3.8, 4) is 5.88 Å². The van der Waals surface area contributed by atoms with Crippen molar-refractivity contribution in [3.63, 3.8) is 0 Å². The summed E-state index contributed by atoms with van der Waals surface area (Å²) in [5.74, 6) is 0.656. The van der Waals surface area contributed by atoms with Crippen molar-refractivity contribution in [1.29, 1.82) is 0 Å². The maximum Gasteiger partial charge on any atom is 0.331 e. The number of aromatic nitrogens is 2. The zero-order chi connectivity index (χ0) is 20.7. The quantitative estimate of drug-likeness (QED) is 0.659. The highest BCUT2D eigenvalue weighted by Crippen LogP contribution is 2.46. The summed E-state index contributed by atoms with van der Waals surface area (Å²) >= 11 is 1.25. The fraction of sp³-hybridized carbons (Fsp3) is 0.300. The third kappa shape index (κ3) is 3.27. The number of hydrogen-bond acceptors (Lipinski definition) is 6. The van der Waals surface area contributed by atoms with Crippen LogP contribution in [0.4, 0.5) is 21.9 Å². The largest absolute Gasteiger partial charge is 0.477 e. The molecular formula is C20H21N5O3S. The van der Waals surface area contributed by atoms with Crippen LogP contribution < -0.4 is 20.3 Å². The number of nitrogens with zero attached hydrogens (tertiary/aromatic N) is 3. The van der Waals surface area contributed by atoms with E-state index in [1.54, 1.807) is 30.4 Å². The molecule has 3 amide bonds. The van der Waals surface area contributed by atoms with E-state index in [2.05, 4.69) is 34.4 Å². The zero-order valence-corrected chi connectivity index (χ0v) is 17.4. The number of nitrogens with one attached hydrogen (secondary N) is 2. The van der Waals surface area contributed by atoms with Gasteiger partial charge in [0.15, 0.2) is 0 Å². The number of carbonyl (C=O) groups is 2. The van der Waals surface area contributed by atoms with E-state index in [0.29, 0.717) is 45.2 Å². The van der Waals surface area contributed by atoms with Gasteiger partial charge in [0.25, 0.3) is 5.91 Å². The molecule has 3 aromatic heterocycles. The Morgan fingerprint density at radius 2 is 2.14 bits per heavy atom. The van der Waals surface area contributed by atoms with E-state index in [9.17, 15) is 9.59 Å². The molecule has 0 fully saturated rings. The van der Waals surface area contributed by atoms with E-state index in [1.165, 1.54) is 11.3 Å². The molecule has 0 aromatic carbocycles. The highest BCUT2D eigenvalue weighted by Gasteiger charge is 2.33. The number of ether oxygens (including phenoxy) is 1. The van der Waals surface area contributed by atoms with Crippen molar-refractivity contribution < 1.29 is 14.3 Å². The van der Waals surface area contributed by atoms with Crippen LogP contribution in [0, 0.1) is 12.8 Å². The topological polar surface area (TPSA) is 96.5 Å². The van der Waals surface area contributed by atoms with Gasteiger partial charge in [-0.15, -0.1) is 11.3 Å². The highest BCUT2D eigenvalue weighted by molar-refractivity contribution is 7.21. The van der Waals surface area contributed by atoms with Crippen molar-refractivity contribution in [2.24, 2.45) is 5.92 Å². The Kier molecular flexibility index (Phi) is 4.83. The number of urea groups is 1. The number of amides is 3. The Labute approximate surface area is 171 Å². The summed E-state index contributed by atoms with van der Waals surface area (Å²) in [5.41, 5.74) is 2.66. The van der Waals surface area contributed by atoms with Crippen molar-refractivity contribution in [3.05, 3.63) is 35.0 Å².